The Bertz CT molecular complexity index is 651. The number of nitrogens with zero attached hydrogens (tertiary/aromatic N) is 2. The summed E-state index contributed by atoms with van der Waals surface area (Å²) in [4.78, 5) is 29.1. The number of nitrogens with one attached hydrogen (secondary N) is 1. The van der Waals surface area contributed by atoms with Crippen molar-refractivity contribution in [2.45, 2.75) is 58.2 Å². The number of carbonyl (C=O) groups is 2. The first kappa shape index (κ1) is 19.7. The molecule has 27 heavy (non-hydrogen) atoms. The van der Waals surface area contributed by atoms with Crippen LogP contribution in [-0.4, -0.2) is 66.0 Å². The Morgan fingerprint density at radius 3 is 2.37 bits per heavy atom. The molecule has 0 radical (unpaired) electrons. The topological polar surface area (TPSA) is 61.9 Å². The molecule has 2 unspecified atom stereocenters. The highest BCUT2D eigenvalue weighted by molar-refractivity contribution is 5.94. The van der Waals surface area contributed by atoms with Crippen LogP contribution in [-0.2, 0) is 4.79 Å². The van der Waals surface area contributed by atoms with Gasteiger partial charge in [0.2, 0.25) is 0 Å². The van der Waals surface area contributed by atoms with Gasteiger partial charge in [0, 0.05) is 43.3 Å². The standard InChI is InChI=1S/C21H31N3O3/c1-15-5-4-6-16(2)24(15)20(25)14-27-19-9-7-18(8-10-19)21(26)23-12-11-22-13-17(23)3/h7-10,15-17,22H,4-6,11-14H2,1-3H3/t15?,16?,17-/m1/s1. The van der Waals surface area contributed by atoms with Gasteiger partial charge in [-0.3, -0.25) is 9.59 Å². The average molecular weight is 373 g/mol. The molecule has 0 aliphatic carbocycles. The molecule has 148 valence electrons. The molecule has 0 spiro atoms. The quantitative estimate of drug-likeness (QED) is 0.880. The van der Waals surface area contributed by atoms with Crippen LogP contribution < -0.4 is 10.1 Å². The third-order valence-electron chi connectivity index (χ3n) is 5.71. The highest BCUT2D eigenvalue weighted by atomic mass is 16.5. The molecule has 2 fully saturated rings. The summed E-state index contributed by atoms with van der Waals surface area (Å²) in [5.74, 6) is 0.692. The van der Waals surface area contributed by atoms with E-state index in [-0.39, 0.29) is 36.5 Å². The number of rotatable bonds is 4. The first-order valence-electron chi connectivity index (χ1n) is 10.0. The van der Waals surface area contributed by atoms with E-state index in [0.717, 1.165) is 32.5 Å². The van der Waals surface area contributed by atoms with Gasteiger partial charge in [-0.25, -0.2) is 0 Å². The molecule has 1 aromatic rings. The molecule has 2 aliphatic heterocycles. The van der Waals surface area contributed by atoms with E-state index in [9.17, 15) is 9.59 Å². The minimum Gasteiger partial charge on any atom is -0.484 e. The lowest BCUT2D eigenvalue weighted by Crippen LogP contribution is -2.52. The van der Waals surface area contributed by atoms with Gasteiger partial charge in [0.1, 0.15) is 5.75 Å². The van der Waals surface area contributed by atoms with Gasteiger partial charge >= 0.3 is 0 Å². The molecule has 3 rings (SSSR count). The molecule has 2 heterocycles. The van der Waals surface area contributed by atoms with Crippen LogP contribution in [0.15, 0.2) is 24.3 Å². The normalized spacial score (nSPS) is 26.0. The van der Waals surface area contributed by atoms with Crippen LogP contribution in [0.1, 0.15) is 50.4 Å². The lowest BCUT2D eigenvalue weighted by Gasteiger charge is -2.39. The SMILES string of the molecule is CC1CCCC(C)N1C(=O)COc1ccc(C(=O)N2CCNC[C@H]2C)cc1. The molecule has 3 atom stereocenters. The van der Waals surface area contributed by atoms with Gasteiger partial charge in [-0.2, -0.15) is 0 Å². The lowest BCUT2D eigenvalue weighted by atomic mass is 9.97. The minimum absolute atomic E-state index is 0.0319. The number of ether oxygens (including phenoxy) is 1. The van der Waals surface area contributed by atoms with Gasteiger partial charge in [-0.1, -0.05) is 0 Å². The van der Waals surface area contributed by atoms with Crippen molar-refractivity contribution in [3.05, 3.63) is 29.8 Å². The first-order valence-corrected chi connectivity index (χ1v) is 10.0. The number of hydrogen-bond donors (Lipinski definition) is 1. The zero-order valence-corrected chi connectivity index (χ0v) is 16.6. The van der Waals surface area contributed by atoms with Crippen LogP contribution in [0.4, 0.5) is 0 Å². The summed E-state index contributed by atoms with van der Waals surface area (Å²) in [6, 6.07) is 7.84. The predicted octanol–water partition coefficient (Wildman–Crippen LogP) is 2.29. The number of piperidine rings is 1. The third kappa shape index (κ3) is 4.61. The Kier molecular flexibility index (Phi) is 6.37. The second-order valence-electron chi connectivity index (χ2n) is 7.79. The summed E-state index contributed by atoms with van der Waals surface area (Å²) in [7, 11) is 0. The number of hydrogen-bond acceptors (Lipinski definition) is 4. The van der Waals surface area contributed by atoms with E-state index >= 15 is 0 Å². The molecule has 0 bridgehead atoms. The van der Waals surface area contributed by atoms with E-state index in [1.165, 1.54) is 6.42 Å². The summed E-state index contributed by atoms with van der Waals surface area (Å²) < 4.78 is 5.69. The molecule has 2 saturated heterocycles. The molecular formula is C21H31N3O3. The Labute approximate surface area is 161 Å². The summed E-state index contributed by atoms with van der Waals surface area (Å²) in [5.41, 5.74) is 0.653. The Morgan fingerprint density at radius 2 is 1.74 bits per heavy atom. The average Bonchev–Trinajstić information content (AvgIpc) is 2.66. The van der Waals surface area contributed by atoms with Crippen molar-refractivity contribution >= 4 is 11.8 Å². The molecule has 1 N–H and O–H groups in total. The van der Waals surface area contributed by atoms with E-state index < -0.39 is 0 Å². The molecule has 6 nitrogen and oxygen atoms in total. The number of benzene rings is 1. The van der Waals surface area contributed by atoms with Crippen LogP contribution in [0, 0.1) is 0 Å². The monoisotopic (exact) mass is 373 g/mol. The van der Waals surface area contributed by atoms with Crippen molar-refractivity contribution in [1.29, 1.82) is 0 Å². The highest BCUT2D eigenvalue weighted by Gasteiger charge is 2.29. The Morgan fingerprint density at radius 1 is 1.07 bits per heavy atom. The fraction of sp³-hybridized carbons (Fsp3) is 0.619. The van der Waals surface area contributed by atoms with Gasteiger partial charge in [-0.05, 0) is 64.3 Å². The molecule has 2 aliphatic rings. The van der Waals surface area contributed by atoms with E-state index in [1.807, 2.05) is 9.80 Å². The fourth-order valence-electron chi connectivity index (χ4n) is 4.13. The number of likely N-dealkylation sites (tertiary alicyclic amines) is 1. The summed E-state index contributed by atoms with van der Waals surface area (Å²) >= 11 is 0. The number of carbonyl (C=O) groups excluding carboxylic acids is 2. The van der Waals surface area contributed by atoms with Crippen LogP contribution in [0.3, 0.4) is 0 Å². The Balaban J connectivity index is 1.56. The smallest absolute Gasteiger partial charge is 0.260 e. The van der Waals surface area contributed by atoms with E-state index in [4.69, 9.17) is 4.74 Å². The maximum Gasteiger partial charge on any atom is 0.260 e. The van der Waals surface area contributed by atoms with Gasteiger partial charge in [0.05, 0.1) is 0 Å². The molecular weight excluding hydrogens is 342 g/mol. The largest absolute Gasteiger partial charge is 0.484 e. The molecule has 0 saturated carbocycles. The van der Waals surface area contributed by atoms with Crippen molar-refractivity contribution in [1.82, 2.24) is 15.1 Å². The number of amides is 2. The van der Waals surface area contributed by atoms with Crippen LogP contribution in [0.5, 0.6) is 5.75 Å². The minimum atomic E-state index is 0.0319. The van der Waals surface area contributed by atoms with Crippen molar-refractivity contribution in [2.24, 2.45) is 0 Å². The van der Waals surface area contributed by atoms with Crippen molar-refractivity contribution in [3.8, 4) is 5.75 Å². The number of piperazine rings is 1. The van der Waals surface area contributed by atoms with Crippen LogP contribution >= 0.6 is 0 Å². The predicted molar refractivity (Wildman–Crippen MR) is 105 cm³/mol. The molecule has 0 aromatic heterocycles. The summed E-state index contributed by atoms with van der Waals surface area (Å²) in [5, 5.41) is 3.29. The Hall–Kier alpha value is -2.08. The maximum absolute atomic E-state index is 12.7. The lowest BCUT2D eigenvalue weighted by molar-refractivity contribution is -0.139. The molecule has 2 amide bonds. The summed E-state index contributed by atoms with van der Waals surface area (Å²) in [6.07, 6.45) is 3.28. The zero-order valence-electron chi connectivity index (χ0n) is 16.6. The van der Waals surface area contributed by atoms with Gasteiger partial charge in [0.15, 0.2) is 6.61 Å². The van der Waals surface area contributed by atoms with Gasteiger partial charge < -0.3 is 19.9 Å². The molecule has 6 heteroatoms. The highest BCUT2D eigenvalue weighted by Crippen LogP contribution is 2.23. The fourth-order valence-corrected chi connectivity index (χ4v) is 4.13. The van der Waals surface area contributed by atoms with E-state index in [0.29, 0.717) is 11.3 Å². The third-order valence-corrected chi connectivity index (χ3v) is 5.71. The van der Waals surface area contributed by atoms with E-state index in [1.54, 1.807) is 24.3 Å². The van der Waals surface area contributed by atoms with Gasteiger partial charge in [-0.15, -0.1) is 0 Å². The van der Waals surface area contributed by atoms with Crippen LogP contribution in [0.25, 0.3) is 0 Å². The van der Waals surface area contributed by atoms with Gasteiger partial charge in [0.25, 0.3) is 11.8 Å². The summed E-state index contributed by atoms with van der Waals surface area (Å²) in [6.45, 7) is 8.66. The van der Waals surface area contributed by atoms with Crippen molar-refractivity contribution in [2.75, 3.05) is 26.2 Å². The second kappa shape index (κ2) is 8.74. The second-order valence-corrected chi connectivity index (χ2v) is 7.79. The van der Waals surface area contributed by atoms with Crippen molar-refractivity contribution in [3.63, 3.8) is 0 Å². The van der Waals surface area contributed by atoms with Crippen LogP contribution in [0.2, 0.25) is 0 Å². The van der Waals surface area contributed by atoms with Crippen molar-refractivity contribution < 1.29 is 14.3 Å². The first-order chi connectivity index (χ1) is 13.0. The maximum atomic E-state index is 12.7. The zero-order chi connectivity index (χ0) is 19.4. The molecule has 1 aromatic carbocycles. The van der Waals surface area contributed by atoms with E-state index in [2.05, 4.69) is 26.1 Å².